The lowest BCUT2D eigenvalue weighted by atomic mass is 10.1. The molecule has 104 valence electrons. The van der Waals surface area contributed by atoms with Crippen LogP contribution in [0.4, 0.5) is 5.88 Å². The van der Waals surface area contributed by atoms with Gasteiger partial charge in [0, 0.05) is 0 Å². The van der Waals surface area contributed by atoms with Crippen molar-refractivity contribution in [3.05, 3.63) is 43.1 Å². The van der Waals surface area contributed by atoms with Crippen LogP contribution in [0.1, 0.15) is 25.8 Å². The predicted molar refractivity (Wildman–Crippen MR) is 76.6 cm³/mol. The fraction of sp³-hybridized carbons (Fsp3) is 0.286. The number of hydrogen-bond acceptors (Lipinski definition) is 4. The first-order valence-electron chi connectivity index (χ1n) is 5.89. The molecule has 1 aromatic heterocycles. The molecule has 0 saturated carbocycles. The molecule has 0 unspecified atom stereocenters. The molecule has 0 spiro atoms. The van der Waals surface area contributed by atoms with Crippen molar-refractivity contribution in [2.45, 2.75) is 20.3 Å². The Morgan fingerprint density at radius 2 is 2.21 bits per heavy atom. The van der Waals surface area contributed by atoms with Gasteiger partial charge in [0.2, 0.25) is 5.88 Å². The van der Waals surface area contributed by atoms with Crippen LogP contribution in [0, 0.1) is 0 Å². The molecule has 1 amide bonds. The maximum absolute atomic E-state index is 10.9. The fourth-order valence-corrected chi connectivity index (χ4v) is 1.08. The van der Waals surface area contributed by atoms with Gasteiger partial charge in [-0.3, -0.25) is 10.1 Å². The van der Waals surface area contributed by atoms with Gasteiger partial charge in [0.1, 0.15) is 6.61 Å². The van der Waals surface area contributed by atoms with Crippen molar-refractivity contribution in [3.63, 3.8) is 0 Å². The Morgan fingerprint density at radius 3 is 2.63 bits per heavy atom. The van der Waals surface area contributed by atoms with Gasteiger partial charge in [0.25, 0.3) is 5.91 Å². The minimum Gasteiger partial charge on any atom is -0.387 e. The maximum Gasteiger partial charge on any atom is 0.252 e. The summed E-state index contributed by atoms with van der Waals surface area (Å²) in [7, 11) is 0. The van der Waals surface area contributed by atoms with Gasteiger partial charge < -0.3 is 9.63 Å². The van der Waals surface area contributed by atoms with Crippen molar-refractivity contribution in [1.29, 1.82) is 0 Å². The van der Waals surface area contributed by atoms with Gasteiger partial charge in [0.15, 0.2) is 0 Å². The van der Waals surface area contributed by atoms with Crippen LogP contribution in [0.3, 0.4) is 0 Å². The Bertz CT molecular complexity index is 447. The number of hydrogen-bond donors (Lipinski definition) is 2. The number of nitrogens with one attached hydrogen (secondary N) is 1. The third-order valence-corrected chi connectivity index (χ3v) is 2.10. The van der Waals surface area contributed by atoms with E-state index >= 15 is 0 Å². The van der Waals surface area contributed by atoms with Crippen molar-refractivity contribution in [3.8, 4) is 0 Å². The smallest absolute Gasteiger partial charge is 0.252 e. The number of rotatable bonds is 5. The monoisotopic (exact) mass is 264 g/mol. The van der Waals surface area contributed by atoms with E-state index in [9.17, 15) is 4.79 Å². The molecular formula is C14H20N2O3. The summed E-state index contributed by atoms with van der Waals surface area (Å²) in [5.41, 5.74) is 1.43. The van der Waals surface area contributed by atoms with E-state index in [0.717, 1.165) is 12.0 Å². The average molecular weight is 264 g/mol. The Morgan fingerprint density at radius 1 is 1.58 bits per heavy atom. The van der Waals surface area contributed by atoms with Crippen molar-refractivity contribution in [2.24, 2.45) is 0 Å². The molecule has 0 bridgehead atoms. The summed E-state index contributed by atoms with van der Waals surface area (Å²) >= 11 is 0. The molecular weight excluding hydrogens is 244 g/mol. The first kappa shape index (κ1) is 16.9. The molecule has 2 N–H and O–H groups in total. The Labute approximate surface area is 113 Å². The second kappa shape index (κ2) is 9.85. The van der Waals surface area contributed by atoms with Gasteiger partial charge in [0.05, 0.1) is 11.8 Å². The van der Waals surface area contributed by atoms with Crippen LogP contribution in [0.2, 0.25) is 0 Å². The van der Waals surface area contributed by atoms with Gasteiger partial charge in [-0.25, -0.2) is 0 Å². The molecule has 19 heavy (non-hydrogen) atoms. The highest BCUT2D eigenvalue weighted by Gasteiger charge is 2.12. The number of aliphatic hydroxyl groups is 1. The molecule has 1 rings (SSSR count). The zero-order valence-corrected chi connectivity index (χ0v) is 11.3. The molecule has 5 nitrogen and oxygen atoms in total. The van der Waals surface area contributed by atoms with Gasteiger partial charge in [-0.1, -0.05) is 36.9 Å². The zero-order chi connectivity index (χ0) is 14.7. The number of carbonyl (C=O) groups is 1. The highest BCUT2D eigenvalue weighted by Crippen LogP contribution is 2.24. The van der Waals surface area contributed by atoms with Crippen LogP contribution in [0.5, 0.6) is 0 Å². The SMILES string of the molecule is C=C/C(=C\C)c1cnoc1NC(=O)CO.C=CCC. The van der Waals surface area contributed by atoms with Crippen molar-refractivity contribution < 1.29 is 14.4 Å². The third-order valence-electron chi connectivity index (χ3n) is 2.10. The number of amides is 1. The number of nitrogens with zero attached hydrogens (tertiary/aromatic N) is 1. The summed E-state index contributed by atoms with van der Waals surface area (Å²) in [5, 5.41) is 14.5. The van der Waals surface area contributed by atoms with Gasteiger partial charge >= 0.3 is 0 Å². The number of anilines is 1. The topological polar surface area (TPSA) is 75.4 Å². The number of aliphatic hydroxyl groups excluding tert-OH is 1. The lowest BCUT2D eigenvalue weighted by molar-refractivity contribution is -0.118. The fourth-order valence-electron chi connectivity index (χ4n) is 1.08. The molecule has 0 radical (unpaired) electrons. The first-order valence-corrected chi connectivity index (χ1v) is 5.89. The van der Waals surface area contributed by atoms with Gasteiger partial charge in [-0.2, -0.15) is 0 Å². The summed E-state index contributed by atoms with van der Waals surface area (Å²) in [6.07, 6.45) is 7.87. The summed E-state index contributed by atoms with van der Waals surface area (Å²) in [4.78, 5) is 10.9. The van der Waals surface area contributed by atoms with E-state index in [4.69, 9.17) is 9.63 Å². The second-order valence-corrected chi connectivity index (χ2v) is 3.42. The van der Waals surface area contributed by atoms with Crippen molar-refractivity contribution in [1.82, 2.24) is 5.16 Å². The summed E-state index contributed by atoms with van der Waals surface area (Å²) in [5.74, 6) is -0.338. The number of allylic oxidation sites excluding steroid dienone is 4. The zero-order valence-electron chi connectivity index (χ0n) is 11.3. The van der Waals surface area contributed by atoms with Crippen LogP contribution in [-0.2, 0) is 4.79 Å². The molecule has 0 saturated heterocycles. The van der Waals surface area contributed by atoms with Crippen LogP contribution in [-0.4, -0.2) is 22.8 Å². The minimum atomic E-state index is -0.598. The largest absolute Gasteiger partial charge is 0.387 e. The molecule has 0 atom stereocenters. The van der Waals surface area contributed by atoms with Crippen molar-refractivity contribution in [2.75, 3.05) is 11.9 Å². The van der Waals surface area contributed by atoms with E-state index < -0.39 is 12.5 Å². The highest BCUT2D eigenvalue weighted by molar-refractivity contribution is 5.93. The summed E-state index contributed by atoms with van der Waals surface area (Å²) in [6, 6.07) is 0. The van der Waals surface area contributed by atoms with E-state index in [-0.39, 0.29) is 5.88 Å². The van der Waals surface area contributed by atoms with Gasteiger partial charge in [-0.05, 0) is 18.9 Å². The van der Waals surface area contributed by atoms with E-state index in [2.05, 4.69) is 30.6 Å². The van der Waals surface area contributed by atoms with E-state index in [1.54, 1.807) is 6.08 Å². The minimum absolute atomic E-state index is 0.210. The molecule has 1 aromatic rings. The molecule has 0 aliphatic rings. The Balaban J connectivity index is 0.000000711. The summed E-state index contributed by atoms with van der Waals surface area (Å²) < 4.78 is 4.84. The molecule has 0 aliphatic heterocycles. The summed E-state index contributed by atoms with van der Waals surface area (Å²) in [6.45, 7) is 10.4. The standard InChI is InChI=1S/C10H12N2O3.C4H8/c1-3-7(4-2)8-5-11-15-10(8)12-9(14)6-13;1-3-4-2/h3-5,13H,1,6H2,2H3,(H,12,14);3H,1,4H2,2H3/b7-4+;. The first-order chi connectivity index (χ1) is 9.14. The third kappa shape index (κ3) is 5.83. The number of carbonyl (C=O) groups excluding carboxylic acids is 1. The molecule has 0 aliphatic carbocycles. The van der Waals surface area contributed by atoms with Crippen LogP contribution in [0.15, 0.2) is 42.1 Å². The molecule has 0 aromatic carbocycles. The Kier molecular flexibility index (Phi) is 8.74. The molecule has 5 heteroatoms. The Hall–Kier alpha value is -2.14. The van der Waals surface area contributed by atoms with Crippen molar-refractivity contribution >= 4 is 17.4 Å². The molecule has 1 heterocycles. The van der Waals surface area contributed by atoms with Crippen LogP contribution >= 0.6 is 0 Å². The van der Waals surface area contributed by atoms with Gasteiger partial charge in [-0.15, -0.1) is 6.58 Å². The predicted octanol–water partition coefficient (Wildman–Crippen LogP) is 2.78. The maximum atomic E-state index is 10.9. The highest BCUT2D eigenvalue weighted by atomic mass is 16.5. The second-order valence-electron chi connectivity index (χ2n) is 3.42. The average Bonchev–Trinajstić information content (AvgIpc) is 2.88. The normalized spacial score (nSPS) is 10.2. The quantitative estimate of drug-likeness (QED) is 0.633. The van der Waals surface area contributed by atoms with E-state index in [1.165, 1.54) is 6.20 Å². The number of aromatic nitrogens is 1. The van der Waals surface area contributed by atoms with Crippen LogP contribution < -0.4 is 5.32 Å². The van der Waals surface area contributed by atoms with Crippen LogP contribution in [0.25, 0.3) is 5.57 Å². The van der Waals surface area contributed by atoms with E-state index in [0.29, 0.717) is 5.56 Å². The molecule has 0 fully saturated rings. The van der Waals surface area contributed by atoms with E-state index in [1.807, 2.05) is 19.1 Å². The lowest BCUT2D eigenvalue weighted by Crippen LogP contribution is -2.15. The lowest BCUT2D eigenvalue weighted by Gasteiger charge is -2.01.